The first-order valence-corrected chi connectivity index (χ1v) is 10.2. The minimum atomic E-state index is -2.99. The van der Waals surface area contributed by atoms with Crippen LogP contribution in [0.2, 0.25) is 0 Å². The van der Waals surface area contributed by atoms with Crippen LogP contribution in [0.5, 0.6) is 0 Å². The third-order valence-corrected chi connectivity index (χ3v) is 6.77. The van der Waals surface area contributed by atoms with E-state index in [1.54, 1.807) is 6.07 Å². The fraction of sp³-hybridized carbons (Fsp3) is 0.353. The van der Waals surface area contributed by atoms with Gasteiger partial charge in [0.15, 0.2) is 9.84 Å². The minimum Gasteiger partial charge on any atom is -0.349 e. The lowest BCUT2D eigenvalue weighted by molar-refractivity contribution is 0.0942. The van der Waals surface area contributed by atoms with Gasteiger partial charge in [0.1, 0.15) is 0 Å². The van der Waals surface area contributed by atoms with Crippen LogP contribution in [0, 0.1) is 0 Å². The molecule has 3 rings (SSSR count). The number of nitrogens with one attached hydrogen (secondary N) is 1. The van der Waals surface area contributed by atoms with Gasteiger partial charge in [0, 0.05) is 10.9 Å². The van der Waals surface area contributed by atoms with E-state index in [-0.39, 0.29) is 23.5 Å². The van der Waals surface area contributed by atoms with Crippen molar-refractivity contribution < 1.29 is 13.2 Å². The second-order valence-electron chi connectivity index (χ2n) is 5.99. The molecule has 0 bridgehead atoms. The Morgan fingerprint density at radius 3 is 2.70 bits per heavy atom. The molecule has 0 fully saturated rings. The minimum absolute atomic E-state index is 0.0652. The van der Waals surface area contributed by atoms with Crippen molar-refractivity contribution in [2.45, 2.75) is 37.3 Å². The smallest absolute Gasteiger partial charge is 0.261 e. The Bertz CT molecular complexity index is 780. The number of carbonyl (C=O) groups is 1. The van der Waals surface area contributed by atoms with E-state index >= 15 is 0 Å². The van der Waals surface area contributed by atoms with E-state index < -0.39 is 9.84 Å². The van der Waals surface area contributed by atoms with Gasteiger partial charge < -0.3 is 5.32 Å². The fourth-order valence-corrected chi connectivity index (χ4v) is 5.87. The summed E-state index contributed by atoms with van der Waals surface area (Å²) in [5, 5.41) is 3.00. The number of thiophene rings is 1. The molecular formula is C17H19NO3S2. The Hall–Kier alpha value is -1.66. The highest BCUT2D eigenvalue weighted by atomic mass is 32.2. The number of carbonyl (C=O) groups excluding carboxylic acids is 1. The van der Waals surface area contributed by atoms with Crippen LogP contribution in [0.15, 0.2) is 36.4 Å². The lowest BCUT2D eigenvalue weighted by atomic mass is 10.1. The predicted molar refractivity (Wildman–Crippen MR) is 92.3 cm³/mol. The quantitative estimate of drug-likeness (QED) is 0.903. The number of hydrogen-bond donors (Lipinski definition) is 1. The maximum absolute atomic E-state index is 12.3. The van der Waals surface area contributed by atoms with E-state index in [9.17, 15) is 13.2 Å². The Morgan fingerprint density at radius 2 is 2.00 bits per heavy atom. The van der Waals surface area contributed by atoms with Crippen LogP contribution in [0.4, 0.5) is 0 Å². The van der Waals surface area contributed by atoms with Crippen molar-refractivity contribution in [2.75, 3.05) is 0 Å². The molecule has 2 aromatic rings. The summed E-state index contributed by atoms with van der Waals surface area (Å²) in [6.07, 6.45) is 1.79. The molecule has 0 radical (unpaired) electrons. The third-order valence-electron chi connectivity index (χ3n) is 3.93. The molecule has 1 aromatic heterocycles. The van der Waals surface area contributed by atoms with E-state index in [1.807, 2.05) is 25.1 Å². The summed E-state index contributed by atoms with van der Waals surface area (Å²) in [5.41, 5.74) is 2.05. The predicted octanol–water partition coefficient (Wildman–Crippen LogP) is 2.93. The maximum Gasteiger partial charge on any atom is 0.261 e. The SMILES string of the molecule is CC(CCc1ccccc1)NC(=O)c1cc2c(s1)CS(=O)(=O)C2. The van der Waals surface area contributed by atoms with Crippen LogP contribution >= 0.6 is 11.3 Å². The highest BCUT2D eigenvalue weighted by Crippen LogP contribution is 2.32. The zero-order valence-corrected chi connectivity index (χ0v) is 14.5. The molecule has 1 aliphatic rings. The Balaban J connectivity index is 1.55. The molecule has 1 aromatic carbocycles. The van der Waals surface area contributed by atoms with Gasteiger partial charge in [-0.05, 0) is 37.0 Å². The van der Waals surface area contributed by atoms with Crippen molar-refractivity contribution in [3.05, 3.63) is 57.3 Å². The number of amides is 1. The van der Waals surface area contributed by atoms with Crippen molar-refractivity contribution in [1.29, 1.82) is 0 Å². The van der Waals surface area contributed by atoms with Crippen molar-refractivity contribution >= 4 is 27.1 Å². The highest BCUT2D eigenvalue weighted by molar-refractivity contribution is 7.90. The van der Waals surface area contributed by atoms with E-state index in [4.69, 9.17) is 0 Å². The van der Waals surface area contributed by atoms with Gasteiger partial charge in [-0.1, -0.05) is 30.3 Å². The second-order valence-corrected chi connectivity index (χ2v) is 9.19. The molecule has 0 saturated heterocycles. The van der Waals surface area contributed by atoms with E-state index in [1.165, 1.54) is 16.9 Å². The average molecular weight is 349 g/mol. The molecule has 0 saturated carbocycles. The Labute approximate surface area is 140 Å². The van der Waals surface area contributed by atoms with Gasteiger partial charge in [0.2, 0.25) is 0 Å². The first-order chi connectivity index (χ1) is 10.9. The topological polar surface area (TPSA) is 63.2 Å². The van der Waals surface area contributed by atoms with Gasteiger partial charge in [-0.2, -0.15) is 0 Å². The monoisotopic (exact) mass is 349 g/mol. The fourth-order valence-electron chi connectivity index (χ4n) is 2.71. The summed E-state index contributed by atoms with van der Waals surface area (Å²) in [4.78, 5) is 13.7. The number of hydrogen-bond acceptors (Lipinski definition) is 4. The van der Waals surface area contributed by atoms with Crippen molar-refractivity contribution in [2.24, 2.45) is 0 Å². The van der Waals surface area contributed by atoms with Crippen LogP contribution < -0.4 is 5.32 Å². The number of sulfone groups is 1. The van der Waals surface area contributed by atoms with Gasteiger partial charge in [0.05, 0.1) is 16.4 Å². The van der Waals surface area contributed by atoms with E-state index in [0.717, 1.165) is 23.3 Å². The summed E-state index contributed by atoms with van der Waals surface area (Å²) >= 11 is 1.30. The van der Waals surface area contributed by atoms with Crippen LogP contribution in [0.25, 0.3) is 0 Å². The zero-order chi connectivity index (χ0) is 16.4. The van der Waals surface area contributed by atoms with Gasteiger partial charge in [-0.25, -0.2) is 8.42 Å². The van der Waals surface area contributed by atoms with Crippen molar-refractivity contribution in [3.63, 3.8) is 0 Å². The van der Waals surface area contributed by atoms with Gasteiger partial charge in [-0.15, -0.1) is 11.3 Å². The number of fused-ring (bicyclic) bond motifs is 1. The molecule has 2 heterocycles. The van der Waals surface area contributed by atoms with Crippen molar-refractivity contribution in [1.82, 2.24) is 5.32 Å². The Morgan fingerprint density at radius 1 is 1.26 bits per heavy atom. The molecule has 1 amide bonds. The lowest BCUT2D eigenvalue weighted by Crippen LogP contribution is -2.32. The molecular weight excluding hydrogens is 330 g/mol. The van der Waals surface area contributed by atoms with Gasteiger partial charge in [0.25, 0.3) is 5.91 Å². The highest BCUT2D eigenvalue weighted by Gasteiger charge is 2.28. The average Bonchev–Trinajstić information content (AvgIpc) is 3.00. The number of benzene rings is 1. The molecule has 4 nitrogen and oxygen atoms in total. The molecule has 1 aliphatic heterocycles. The molecule has 0 spiro atoms. The molecule has 1 unspecified atom stereocenters. The molecule has 122 valence electrons. The summed E-state index contributed by atoms with van der Waals surface area (Å²) in [7, 11) is -2.99. The van der Waals surface area contributed by atoms with Crippen LogP contribution in [0.3, 0.4) is 0 Å². The second kappa shape index (κ2) is 6.45. The standard InChI is InChI=1S/C17H19NO3S2/c1-12(7-8-13-5-3-2-4-6-13)18-17(19)15-9-14-10-23(20,21)11-16(14)22-15/h2-6,9,12H,7-8,10-11H2,1H3,(H,18,19). The van der Waals surface area contributed by atoms with Crippen LogP contribution in [-0.2, 0) is 27.8 Å². The lowest BCUT2D eigenvalue weighted by Gasteiger charge is -2.13. The van der Waals surface area contributed by atoms with Crippen LogP contribution in [-0.4, -0.2) is 20.4 Å². The van der Waals surface area contributed by atoms with Crippen LogP contribution in [0.1, 0.15) is 39.0 Å². The molecule has 0 aliphatic carbocycles. The first-order valence-electron chi connectivity index (χ1n) is 7.60. The Kier molecular flexibility index (Phi) is 4.55. The van der Waals surface area contributed by atoms with Gasteiger partial charge >= 0.3 is 0 Å². The number of rotatable bonds is 5. The summed E-state index contributed by atoms with van der Waals surface area (Å²) < 4.78 is 23.1. The number of aryl methyl sites for hydroxylation is 1. The third kappa shape index (κ3) is 4.00. The van der Waals surface area contributed by atoms with Gasteiger partial charge in [-0.3, -0.25) is 4.79 Å². The normalized spacial score (nSPS) is 16.7. The first kappa shape index (κ1) is 16.2. The molecule has 1 N–H and O–H groups in total. The summed E-state index contributed by atoms with van der Waals surface area (Å²) in [5.74, 6) is 0.0295. The van der Waals surface area contributed by atoms with E-state index in [2.05, 4.69) is 17.4 Å². The molecule has 1 atom stereocenters. The zero-order valence-electron chi connectivity index (χ0n) is 12.9. The maximum atomic E-state index is 12.3. The summed E-state index contributed by atoms with van der Waals surface area (Å²) in [6, 6.07) is 12.0. The molecule has 23 heavy (non-hydrogen) atoms. The largest absolute Gasteiger partial charge is 0.349 e. The molecule has 6 heteroatoms. The van der Waals surface area contributed by atoms with E-state index in [0.29, 0.717) is 4.88 Å². The summed E-state index contributed by atoms with van der Waals surface area (Å²) in [6.45, 7) is 1.99. The van der Waals surface area contributed by atoms with Crippen molar-refractivity contribution in [3.8, 4) is 0 Å².